The lowest BCUT2D eigenvalue weighted by atomic mass is 10.0. The molecule has 0 aliphatic carbocycles. The number of hydrogen-bond acceptors (Lipinski definition) is 9. The fourth-order valence-electron chi connectivity index (χ4n) is 5.19. The highest BCUT2D eigenvalue weighted by Gasteiger charge is 2.53. The number of H-pyrrole nitrogens is 1. The molecule has 3 unspecified atom stereocenters. The largest absolute Gasteiger partial charge is 0.467 e. The van der Waals surface area contributed by atoms with Gasteiger partial charge in [-0.3, -0.25) is 9.59 Å². The number of nitrogens with one attached hydrogen (secondary N) is 2. The van der Waals surface area contributed by atoms with E-state index in [2.05, 4.69) is 20.3 Å². The number of halogens is 1. The minimum atomic E-state index is -0.849. The number of methoxy groups -OCH3 is 1. The molecule has 2 saturated heterocycles. The van der Waals surface area contributed by atoms with E-state index in [1.54, 1.807) is 29.3 Å². The van der Waals surface area contributed by atoms with Crippen LogP contribution in [0, 0.1) is 0 Å². The first kappa shape index (κ1) is 27.7. The minimum Gasteiger partial charge on any atom is -0.467 e. The summed E-state index contributed by atoms with van der Waals surface area (Å²) in [5.41, 5.74) is 1.16. The van der Waals surface area contributed by atoms with Crippen LogP contribution in [0.3, 0.4) is 0 Å². The monoisotopic (exact) mass is 589 g/mol. The van der Waals surface area contributed by atoms with E-state index >= 15 is 0 Å². The summed E-state index contributed by atoms with van der Waals surface area (Å²) in [4.78, 5) is 52.0. The van der Waals surface area contributed by atoms with E-state index < -0.39 is 18.2 Å². The Morgan fingerprint density at radius 1 is 1.05 bits per heavy atom. The van der Waals surface area contributed by atoms with Crippen LogP contribution in [0.4, 0.5) is 5.82 Å². The highest BCUT2D eigenvalue weighted by Crippen LogP contribution is 2.32. The molecule has 42 heavy (non-hydrogen) atoms. The lowest BCUT2D eigenvalue weighted by Gasteiger charge is -2.25. The van der Waals surface area contributed by atoms with Gasteiger partial charge in [0.25, 0.3) is 5.91 Å². The van der Waals surface area contributed by atoms with Crippen LogP contribution in [0.2, 0.25) is 5.02 Å². The number of hydrogen-bond donors (Lipinski definition) is 2. The SMILES string of the molecule is COC(=O)C1OC1C(=O)N1CCCCC(Nc2ncnc3[nH]cc(C(=O)c4ccc(Oc5ccccc5)cc4Cl)c23)C1. The lowest BCUT2D eigenvalue weighted by Crippen LogP contribution is -2.42. The van der Waals surface area contributed by atoms with Gasteiger partial charge in [0.1, 0.15) is 29.3 Å². The molecule has 2 N–H and O–H groups in total. The minimum absolute atomic E-state index is 0.152. The van der Waals surface area contributed by atoms with Crippen molar-refractivity contribution in [3.63, 3.8) is 0 Å². The van der Waals surface area contributed by atoms with Crippen molar-refractivity contribution in [3.05, 3.63) is 77.2 Å². The first-order chi connectivity index (χ1) is 20.4. The molecule has 2 aromatic heterocycles. The summed E-state index contributed by atoms with van der Waals surface area (Å²) < 4.78 is 15.8. The van der Waals surface area contributed by atoms with Gasteiger partial charge in [-0.1, -0.05) is 29.8 Å². The van der Waals surface area contributed by atoms with Crippen LogP contribution in [0.15, 0.2) is 61.1 Å². The Labute approximate surface area is 246 Å². The fraction of sp³-hybridized carbons (Fsp3) is 0.300. The van der Waals surface area contributed by atoms with Gasteiger partial charge < -0.3 is 29.4 Å². The van der Waals surface area contributed by atoms with Crippen LogP contribution >= 0.6 is 11.6 Å². The Morgan fingerprint density at radius 2 is 1.88 bits per heavy atom. The Hall–Kier alpha value is -4.48. The van der Waals surface area contributed by atoms with Gasteiger partial charge >= 0.3 is 5.97 Å². The molecule has 0 spiro atoms. The third-order valence-electron chi connectivity index (χ3n) is 7.37. The molecule has 1 amide bonds. The maximum Gasteiger partial charge on any atom is 0.338 e. The molecular formula is C30H28ClN5O6. The Morgan fingerprint density at radius 3 is 2.67 bits per heavy atom. The van der Waals surface area contributed by atoms with Gasteiger partial charge in [-0.25, -0.2) is 14.8 Å². The third kappa shape index (κ3) is 5.65. The van der Waals surface area contributed by atoms with Crippen molar-refractivity contribution in [2.45, 2.75) is 37.5 Å². The van der Waals surface area contributed by atoms with E-state index in [-0.39, 0.29) is 22.8 Å². The number of benzene rings is 2. The van der Waals surface area contributed by atoms with Gasteiger partial charge in [-0.2, -0.15) is 0 Å². The maximum atomic E-state index is 13.7. The summed E-state index contributed by atoms with van der Waals surface area (Å²) >= 11 is 6.55. The van der Waals surface area contributed by atoms with Crippen molar-refractivity contribution in [1.29, 1.82) is 0 Å². The maximum absolute atomic E-state index is 13.7. The fourth-order valence-corrected chi connectivity index (χ4v) is 5.45. The van der Waals surface area contributed by atoms with Crippen LogP contribution in [0.5, 0.6) is 11.5 Å². The number of ketones is 1. The zero-order valence-corrected chi connectivity index (χ0v) is 23.5. The van der Waals surface area contributed by atoms with Crippen molar-refractivity contribution in [3.8, 4) is 11.5 Å². The summed E-state index contributed by atoms with van der Waals surface area (Å²) in [6.07, 6.45) is 3.82. The normalized spacial score (nSPS) is 20.0. The molecule has 2 aliphatic heterocycles. The van der Waals surface area contributed by atoms with E-state index in [0.29, 0.717) is 52.6 Å². The van der Waals surface area contributed by atoms with Crippen molar-refractivity contribution < 1.29 is 28.6 Å². The van der Waals surface area contributed by atoms with Gasteiger partial charge in [0.2, 0.25) is 0 Å². The number of para-hydroxylation sites is 1. The number of amides is 1. The van der Waals surface area contributed by atoms with Crippen molar-refractivity contribution in [1.82, 2.24) is 19.9 Å². The van der Waals surface area contributed by atoms with Crippen molar-refractivity contribution >= 4 is 46.1 Å². The summed E-state index contributed by atoms with van der Waals surface area (Å²) in [6.45, 7) is 0.945. The Bertz CT molecular complexity index is 1640. The van der Waals surface area contributed by atoms with Gasteiger partial charge in [-0.15, -0.1) is 0 Å². The average Bonchev–Trinajstić information content (AvgIpc) is 3.74. The topological polar surface area (TPSA) is 139 Å². The van der Waals surface area contributed by atoms with Crippen molar-refractivity contribution in [2.75, 3.05) is 25.5 Å². The van der Waals surface area contributed by atoms with Crippen LogP contribution < -0.4 is 10.1 Å². The molecule has 2 aromatic carbocycles. The summed E-state index contributed by atoms with van der Waals surface area (Å²) in [5.74, 6) is 0.549. The second-order valence-corrected chi connectivity index (χ2v) is 10.6. The number of esters is 1. The lowest BCUT2D eigenvalue weighted by molar-refractivity contribution is -0.142. The van der Waals surface area contributed by atoms with E-state index in [0.717, 1.165) is 19.3 Å². The first-order valence-corrected chi connectivity index (χ1v) is 14.0. The number of aromatic nitrogens is 3. The predicted molar refractivity (Wildman–Crippen MR) is 154 cm³/mol. The number of carbonyl (C=O) groups excluding carboxylic acids is 3. The Balaban J connectivity index is 1.21. The molecule has 4 aromatic rings. The number of aromatic amines is 1. The second kappa shape index (κ2) is 11.8. The molecule has 0 radical (unpaired) electrons. The molecule has 0 bridgehead atoms. The number of anilines is 1. The molecule has 3 atom stereocenters. The Kier molecular flexibility index (Phi) is 7.77. The number of rotatable bonds is 8. The van der Waals surface area contributed by atoms with Crippen LogP contribution in [-0.2, 0) is 19.1 Å². The smallest absolute Gasteiger partial charge is 0.338 e. The van der Waals surface area contributed by atoms with Crippen molar-refractivity contribution in [2.24, 2.45) is 0 Å². The molecule has 2 aliphatic rings. The predicted octanol–water partition coefficient (Wildman–Crippen LogP) is 4.37. The number of carbonyl (C=O) groups is 3. The van der Waals surface area contributed by atoms with Gasteiger partial charge in [0.15, 0.2) is 18.0 Å². The highest BCUT2D eigenvalue weighted by atomic mass is 35.5. The zero-order chi connectivity index (χ0) is 29.2. The third-order valence-corrected chi connectivity index (χ3v) is 7.68. The quantitative estimate of drug-likeness (QED) is 0.174. The number of fused-ring (bicyclic) bond motifs is 1. The molecule has 11 nitrogen and oxygen atoms in total. The summed E-state index contributed by atoms with van der Waals surface area (Å²) in [7, 11) is 1.27. The second-order valence-electron chi connectivity index (χ2n) is 10.2. The molecule has 0 saturated carbocycles. The molecule has 4 heterocycles. The van der Waals surface area contributed by atoms with Crippen LogP contribution in [0.1, 0.15) is 35.2 Å². The molecule has 12 heteroatoms. The highest BCUT2D eigenvalue weighted by molar-refractivity contribution is 6.35. The van der Waals surface area contributed by atoms with Gasteiger partial charge in [-0.05, 0) is 43.5 Å². The van der Waals surface area contributed by atoms with E-state index in [1.807, 2.05) is 30.3 Å². The van der Waals surface area contributed by atoms with E-state index in [4.69, 9.17) is 25.8 Å². The summed E-state index contributed by atoms with van der Waals surface area (Å²) in [6, 6.07) is 14.1. The number of likely N-dealkylation sites (tertiary alicyclic amines) is 1. The van der Waals surface area contributed by atoms with Crippen LogP contribution in [0.25, 0.3) is 11.0 Å². The standard InChI is InChI=1S/C30H28ClN5O6/c1-40-30(39)26-25(42-26)29(38)36-12-6-5-7-17(15-36)35-28-23-21(14-32-27(23)33-16-34-28)24(37)20-11-10-19(13-22(20)31)41-18-8-3-2-4-9-18/h2-4,8-11,13-14,16-17,25-26H,5-7,12,15H2,1H3,(H2,32,33,34,35). The molecule has 216 valence electrons. The average molecular weight is 590 g/mol. The number of epoxide rings is 1. The first-order valence-electron chi connectivity index (χ1n) is 13.6. The number of ether oxygens (including phenoxy) is 3. The number of nitrogens with zero attached hydrogens (tertiary/aromatic N) is 3. The van der Waals surface area contributed by atoms with Gasteiger partial charge in [0, 0.05) is 37.0 Å². The molecule has 2 fully saturated rings. The zero-order valence-electron chi connectivity index (χ0n) is 22.7. The molecule has 6 rings (SSSR count). The van der Waals surface area contributed by atoms with E-state index in [9.17, 15) is 14.4 Å². The summed E-state index contributed by atoms with van der Waals surface area (Å²) in [5, 5.41) is 4.21. The molecular weight excluding hydrogens is 562 g/mol. The van der Waals surface area contributed by atoms with Gasteiger partial charge in [0.05, 0.1) is 23.1 Å². The van der Waals surface area contributed by atoms with Crippen LogP contribution in [-0.4, -0.2) is 76.0 Å². The van der Waals surface area contributed by atoms with E-state index in [1.165, 1.54) is 13.4 Å².